The van der Waals surface area contributed by atoms with E-state index in [-0.39, 0.29) is 25.0 Å². The Morgan fingerprint density at radius 2 is 1.76 bits per heavy atom. The molecule has 2 amide bonds. The zero-order chi connectivity index (χ0) is 20.5. The van der Waals surface area contributed by atoms with E-state index in [1.807, 2.05) is 42.5 Å². The molecule has 0 spiro atoms. The first-order valence-corrected chi connectivity index (χ1v) is 9.31. The molecule has 3 aromatic rings. The van der Waals surface area contributed by atoms with Gasteiger partial charge in [0.05, 0.1) is 13.0 Å². The fourth-order valence-corrected chi connectivity index (χ4v) is 2.92. The van der Waals surface area contributed by atoms with Gasteiger partial charge in [-0.25, -0.2) is 0 Å². The molecule has 0 aliphatic carbocycles. The van der Waals surface area contributed by atoms with E-state index in [0.29, 0.717) is 17.9 Å². The zero-order valence-electron chi connectivity index (χ0n) is 16.2. The number of fused-ring (bicyclic) bond motifs is 1. The summed E-state index contributed by atoms with van der Waals surface area (Å²) in [5.41, 5.74) is 1.67. The molecule has 0 saturated carbocycles. The molecule has 146 valence electrons. The number of nitrogens with one attached hydrogen (secondary N) is 2. The summed E-state index contributed by atoms with van der Waals surface area (Å²) in [5, 5.41) is 7.72. The first-order chi connectivity index (χ1) is 14.1. The molecule has 0 aromatic heterocycles. The van der Waals surface area contributed by atoms with Crippen LogP contribution in [0.15, 0.2) is 66.7 Å². The van der Waals surface area contributed by atoms with E-state index < -0.39 is 0 Å². The minimum absolute atomic E-state index is 0.0698. The van der Waals surface area contributed by atoms with Gasteiger partial charge in [-0.15, -0.1) is 0 Å². The smallest absolute Gasteiger partial charge is 0.225 e. The maximum absolute atomic E-state index is 12.2. The van der Waals surface area contributed by atoms with Crippen molar-refractivity contribution >= 4 is 28.3 Å². The van der Waals surface area contributed by atoms with Gasteiger partial charge in [-0.2, -0.15) is 0 Å². The Balaban J connectivity index is 1.44. The Hall–Kier alpha value is -3.78. The molecule has 29 heavy (non-hydrogen) atoms. The highest BCUT2D eigenvalue weighted by molar-refractivity contribution is 5.90. The number of amides is 2. The van der Waals surface area contributed by atoms with Crippen LogP contribution in [0.2, 0.25) is 0 Å². The number of anilines is 1. The normalized spacial score (nSPS) is 9.97. The molecule has 3 aromatic carbocycles. The first kappa shape index (κ1) is 20.0. The highest BCUT2D eigenvalue weighted by atomic mass is 16.5. The molecular weight excluding hydrogens is 364 g/mol. The predicted molar refractivity (Wildman–Crippen MR) is 115 cm³/mol. The third-order valence-corrected chi connectivity index (χ3v) is 4.20. The molecule has 0 fully saturated rings. The van der Waals surface area contributed by atoms with Gasteiger partial charge in [0, 0.05) is 18.7 Å². The quantitative estimate of drug-likeness (QED) is 0.637. The van der Waals surface area contributed by atoms with Crippen LogP contribution < -0.4 is 15.4 Å². The van der Waals surface area contributed by atoms with Gasteiger partial charge in [0.15, 0.2) is 0 Å². The van der Waals surface area contributed by atoms with E-state index in [0.717, 1.165) is 16.3 Å². The van der Waals surface area contributed by atoms with Gasteiger partial charge in [-0.1, -0.05) is 60.4 Å². The molecule has 0 unspecified atom stereocenters. The average molecular weight is 386 g/mol. The number of hydrogen-bond acceptors (Lipinski definition) is 3. The van der Waals surface area contributed by atoms with Crippen LogP contribution in [-0.4, -0.2) is 25.0 Å². The van der Waals surface area contributed by atoms with Crippen molar-refractivity contribution in [3.63, 3.8) is 0 Å². The molecule has 5 nitrogen and oxygen atoms in total. The number of carbonyl (C=O) groups excluding carboxylic acids is 2. The van der Waals surface area contributed by atoms with Gasteiger partial charge in [-0.05, 0) is 28.5 Å². The Morgan fingerprint density at radius 3 is 2.62 bits per heavy atom. The summed E-state index contributed by atoms with van der Waals surface area (Å²) in [6.07, 6.45) is 0.315. The van der Waals surface area contributed by atoms with Crippen LogP contribution in [0.3, 0.4) is 0 Å². The second-order valence-electron chi connectivity index (χ2n) is 6.44. The lowest BCUT2D eigenvalue weighted by molar-refractivity contribution is -0.120. The molecule has 0 aliphatic heterocycles. The zero-order valence-corrected chi connectivity index (χ0v) is 16.2. The van der Waals surface area contributed by atoms with Crippen LogP contribution in [-0.2, 0) is 16.0 Å². The van der Waals surface area contributed by atoms with Crippen LogP contribution in [0.4, 0.5) is 5.69 Å². The van der Waals surface area contributed by atoms with E-state index >= 15 is 0 Å². The van der Waals surface area contributed by atoms with E-state index in [1.54, 1.807) is 24.3 Å². The van der Waals surface area contributed by atoms with Crippen molar-refractivity contribution < 1.29 is 14.3 Å². The van der Waals surface area contributed by atoms with Gasteiger partial charge in [-0.3, -0.25) is 9.59 Å². The number of carbonyl (C=O) groups is 2. The SMILES string of the molecule is CC(=O)Nc1cccc(OCC#CCNC(=O)Cc2cccc3ccccc23)c1. The maximum atomic E-state index is 12.2. The third-order valence-electron chi connectivity index (χ3n) is 4.20. The van der Waals surface area contributed by atoms with Gasteiger partial charge in [0.25, 0.3) is 0 Å². The predicted octanol–water partition coefficient (Wildman–Crippen LogP) is 3.54. The molecule has 0 bridgehead atoms. The molecule has 0 atom stereocenters. The summed E-state index contributed by atoms with van der Waals surface area (Å²) in [6.45, 7) is 1.91. The average Bonchev–Trinajstić information content (AvgIpc) is 2.71. The lowest BCUT2D eigenvalue weighted by atomic mass is 10.0. The maximum Gasteiger partial charge on any atom is 0.225 e. The van der Waals surface area contributed by atoms with Crippen molar-refractivity contribution in [1.29, 1.82) is 0 Å². The van der Waals surface area contributed by atoms with Crippen LogP contribution in [0.25, 0.3) is 10.8 Å². The van der Waals surface area contributed by atoms with Gasteiger partial charge in [0.2, 0.25) is 11.8 Å². The lowest BCUT2D eigenvalue weighted by Gasteiger charge is -2.06. The highest BCUT2D eigenvalue weighted by Crippen LogP contribution is 2.19. The van der Waals surface area contributed by atoms with Crippen LogP contribution in [0, 0.1) is 11.8 Å². The van der Waals surface area contributed by atoms with Crippen molar-refractivity contribution in [3.05, 3.63) is 72.3 Å². The fraction of sp³-hybridized carbons (Fsp3) is 0.167. The van der Waals surface area contributed by atoms with Crippen molar-refractivity contribution in [2.24, 2.45) is 0 Å². The molecule has 0 radical (unpaired) electrons. The van der Waals surface area contributed by atoms with E-state index in [1.165, 1.54) is 6.92 Å². The third kappa shape index (κ3) is 6.12. The van der Waals surface area contributed by atoms with E-state index in [2.05, 4.69) is 22.5 Å². The second-order valence-corrected chi connectivity index (χ2v) is 6.44. The Morgan fingerprint density at radius 1 is 0.966 bits per heavy atom. The molecule has 5 heteroatoms. The van der Waals surface area contributed by atoms with Crippen LogP contribution in [0.5, 0.6) is 5.75 Å². The fourth-order valence-electron chi connectivity index (χ4n) is 2.92. The Kier molecular flexibility index (Phi) is 6.85. The van der Waals surface area contributed by atoms with Crippen molar-refractivity contribution in [2.75, 3.05) is 18.5 Å². The Bertz CT molecular complexity index is 1070. The van der Waals surface area contributed by atoms with Gasteiger partial charge >= 0.3 is 0 Å². The van der Waals surface area contributed by atoms with E-state index in [4.69, 9.17) is 4.74 Å². The largest absolute Gasteiger partial charge is 0.481 e. The van der Waals surface area contributed by atoms with Gasteiger partial charge < -0.3 is 15.4 Å². The minimum Gasteiger partial charge on any atom is -0.481 e. The molecule has 0 aliphatic rings. The number of ether oxygens (including phenoxy) is 1. The molecule has 0 heterocycles. The van der Waals surface area contributed by atoms with Crippen molar-refractivity contribution in [3.8, 4) is 17.6 Å². The molecule has 0 saturated heterocycles. The minimum atomic E-state index is -0.138. The standard InChI is InChI=1S/C24H22N2O3/c1-18(27)26-21-11-7-12-22(17-21)29-15-5-4-14-25-24(28)16-20-10-6-9-19-8-2-3-13-23(19)20/h2-3,6-13,17H,14-16H2,1H3,(H,25,28)(H,26,27). The van der Waals surface area contributed by atoms with Crippen molar-refractivity contribution in [1.82, 2.24) is 5.32 Å². The lowest BCUT2D eigenvalue weighted by Crippen LogP contribution is -2.25. The van der Waals surface area contributed by atoms with Crippen LogP contribution >= 0.6 is 0 Å². The second kappa shape index (κ2) is 9.95. The number of benzene rings is 3. The first-order valence-electron chi connectivity index (χ1n) is 9.31. The monoisotopic (exact) mass is 386 g/mol. The summed E-state index contributed by atoms with van der Waals surface area (Å²) >= 11 is 0. The highest BCUT2D eigenvalue weighted by Gasteiger charge is 2.05. The summed E-state index contributed by atoms with van der Waals surface area (Å²) in [6, 6.07) is 21.1. The summed E-state index contributed by atoms with van der Waals surface area (Å²) in [5.74, 6) is 6.16. The summed E-state index contributed by atoms with van der Waals surface area (Å²) in [4.78, 5) is 23.3. The van der Waals surface area contributed by atoms with Crippen LogP contribution in [0.1, 0.15) is 12.5 Å². The molecule has 2 N–H and O–H groups in total. The number of hydrogen-bond donors (Lipinski definition) is 2. The topological polar surface area (TPSA) is 67.4 Å². The summed E-state index contributed by atoms with van der Waals surface area (Å²) < 4.78 is 5.54. The molecule has 3 rings (SSSR count). The number of rotatable bonds is 6. The van der Waals surface area contributed by atoms with E-state index in [9.17, 15) is 9.59 Å². The molecular formula is C24H22N2O3. The van der Waals surface area contributed by atoms with Gasteiger partial charge in [0.1, 0.15) is 12.4 Å². The summed E-state index contributed by atoms with van der Waals surface area (Å²) in [7, 11) is 0. The Labute approximate surface area is 170 Å². The van der Waals surface area contributed by atoms with Crippen molar-refractivity contribution in [2.45, 2.75) is 13.3 Å².